The first-order chi connectivity index (χ1) is 15.5. The third-order valence-corrected chi connectivity index (χ3v) is 6.01. The van der Waals surface area contributed by atoms with Crippen molar-refractivity contribution >= 4 is 16.9 Å². The molecule has 9 nitrogen and oxygen atoms in total. The van der Waals surface area contributed by atoms with E-state index in [0.717, 1.165) is 17.8 Å². The normalized spacial score (nSPS) is 11.8. The molecule has 3 aromatic heterocycles. The molecule has 32 heavy (non-hydrogen) atoms. The van der Waals surface area contributed by atoms with E-state index in [9.17, 15) is 9.59 Å². The van der Waals surface area contributed by atoms with Gasteiger partial charge in [0.1, 0.15) is 0 Å². The summed E-state index contributed by atoms with van der Waals surface area (Å²) in [5, 5.41) is 8.91. The molecule has 0 aliphatic rings. The lowest BCUT2D eigenvalue weighted by atomic mass is 10.1. The Kier molecular flexibility index (Phi) is 6.29. The molecule has 0 atom stereocenters. The van der Waals surface area contributed by atoms with Crippen LogP contribution in [0.25, 0.3) is 16.9 Å². The number of fused-ring (bicyclic) bond motifs is 3. The van der Waals surface area contributed by atoms with Crippen LogP contribution in [0.2, 0.25) is 0 Å². The Bertz CT molecular complexity index is 1360. The minimum atomic E-state index is -0.358. The first-order valence-electron chi connectivity index (χ1n) is 10.9. The van der Waals surface area contributed by atoms with Crippen LogP contribution >= 0.6 is 0 Å². The van der Waals surface area contributed by atoms with Crippen LogP contribution in [0.15, 0.2) is 39.9 Å². The van der Waals surface area contributed by atoms with E-state index in [4.69, 9.17) is 9.84 Å². The first kappa shape index (κ1) is 22.0. The van der Waals surface area contributed by atoms with Crippen molar-refractivity contribution in [1.82, 2.24) is 23.1 Å². The van der Waals surface area contributed by atoms with Gasteiger partial charge in [0.05, 0.1) is 19.8 Å². The lowest BCUT2D eigenvalue weighted by Gasteiger charge is -2.09. The third-order valence-electron chi connectivity index (χ3n) is 6.01. The van der Waals surface area contributed by atoms with Gasteiger partial charge in [-0.1, -0.05) is 30.3 Å². The van der Waals surface area contributed by atoms with Gasteiger partial charge in [-0.2, -0.15) is 4.98 Å². The largest absolute Gasteiger partial charge is 0.394 e. The Hall–Kier alpha value is -3.17. The predicted octanol–water partition coefficient (Wildman–Crippen LogP) is 1.41. The molecule has 0 amide bonds. The molecule has 0 bridgehead atoms. The zero-order chi connectivity index (χ0) is 22.8. The van der Waals surface area contributed by atoms with Gasteiger partial charge in [0.2, 0.25) is 5.78 Å². The number of aromatic nitrogens is 5. The second-order valence-corrected chi connectivity index (χ2v) is 7.97. The van der Waals surface area contributed by atoms with Gasteiger partial charge < -0.3 is 14.4 Å². The van der Waals surface area contributed by atoms with Crippen molar-refractivity contribution in [2.24, 2.45) is 7.05 Å². The topological polar surface area (TPSA) is 95.7 Å². The van der Waals surface area contributed by atoms with Crippen LogP contribution in [-0.4, -0.2) is 48.0 Å². The van der Waals surface area contributed by atoms with E-state index in [1.54, 1.807) is 7.05 Å². The monoisotopic (exact) mass is 439 g/mol. The summed E-state index contributed by atoms with van der Waals surface area (Å²) in [7, 11) is 1.65. The van der Waals surface area contributed by atoms with Gasteiger partial charge in [-0.3, -0.25) is 18.3 Å². The summed E-state index contributed by atoms with van der Waals surface area (Å²) >= 11 is 0. The highest BCUT2D eigenvalue weighted by atomic mass is 16.5. The lowest BCUT2D eigenvalue weighted by molar-refractivity contribution is 0.0872. The molecule has 0 fully saturated rings. The Morgan fingerprint density at radius 3 is 2.47 bits per heavy atom. The van der Waals surface area contributed by atoms with Gasteiger partial charge in [0.15, 0.2) is 11.2 Å². The van der Waals surface area contributed by atoms with Crippen LogP contribution < -0.4 is 11.2 Å². The fourth-order valence-corrected chi connectivity index (χ4v) is 4.19. The minimum Gasteiger partial charge on any atom is -0.394 e. The average Bonchev–Trinajstić information content (AvgIpc) is 3.29. The molecular weight excluding hydrogens is 410 g/mol. The number of rotatable bonds is 9. The number of nitrogens with zero attached hydrogens (tertiary/aromatic N) is 5. The van der Waals surface area contributed by atoms with Gasteiger partial charge in [-0.25, -0.2) is 4.79 Å². The zero-order valence-electron chi connectivity index (χ0n) is 18.7. The SMILES string of the molecule is Cc1c(C)n2c3c(=O)n(CCCc4ccccc4)c(=O)n(C)c3nc2n1CCOCCO. The molecule has 9 heteroatoms. The highest BCUT2D eigenvalue weighted by Crippen LogP contribution is 2.20. The second kappa shape index (κ2) is 9.13. The number of ether oxygens (including phenoxy) is 1. The molecule has 3 heterocycles. The molecule has 170 valence electrons. The van der Waals surface area contributed by atoms with E-state index in [-0.39, 0.29) is 24.5 Å². The number of benzene rings is 1. The fraction of sp³-hybridized carbons (Fsp3) is 0.435. The first-order valence-corrected chi connectivity index (χ1v) is 10.9. The predicted molar refractivity (Wildman–Crippen MR) is 122 cm³/mol. The molecule has 4 aromatic rings. The van der Waals surface area contributed by atoms with Crippen LogP contribution in [0.3, 0.4) is 0 Å². The van der Waals surface area contributed by atoms with Gasteiger partial charge in [0.25, 0.3) is 5.56 Å². The lowest BCUT2D eigenvalue weighted by Crippen LogP contribution is -2.39. The standard InChI is InChI=1S/C23H29N5O4/c1-16-17(2)28-19-20(24-22(28)26(16)12-14-32-15-13-29)25(3)23(31)27(21(19)30)11-7-10-18-8-5-4-6-9-18/h4-6,8-9,29H,7,10-15H2,1-3H3. The number of aliphatic hydroxyl groups excluding tert-OH is 1. The van der Waals surface area contributed by atoms with Crippen molar-refractivity contribution < 1.29 is 9.84 Å². The number of aryl methyl sites for hydroxylation is 3. The summed E-state index contributed by atoms with van der Waals surface area (Å²) in [6.45, 7) is 5.45. The quantitative estimate of drug-likeness (QED) is 0.398. The van der Waals surface area contributed by atoms with Gasteiger partial charge in [-0.05, 0) is 32.3 Å². The maximum Gasteiger partial charge on any atom is 0.332 e. The Morgan fingerprint density at radius 1 is 1.00 bits per heavy atom. The van der Waals surface area contributed by atoms with Crippen molar-refractivity contribution in [1.29, 1.82) is 0 Å². The molecule has 0 saturated heterocycles. The molecule has 0 spiro atoms. The molecule has 0 saturated carbocycles. The van der Waals surface area contributed by atoms with Crippen LogP contribution in [0.5, 0.6) is 0 Å². The molecule has 0 radical (unpaired) electrons. The van der Waals surface area contributed by atoms with Crippen molar-refractivity contribution in [3.8, 4) is 0 Å². The van der Waals surface area contributed by atoms with E-state index < -0.39 is 0 Å². The third kappa shape index (κ3) is 3.78. The van der Waals surface area contributed by atoms with Crippen molar-refractivity contribution in [2.75, 3.05) is 19.8 Å². The van der Waals surface area contributed by atoms with E-state index >= 15 is 0 Å². The van der Waals surface area contributed by atoms with Crippen LogP contribution in [0.1, 0.15) is 23.4 Å². The molecule has 4 rings (SSSR count). The summed E-state index contributed by atoms with van der Waals surface area (Å²) in [6.07, 6.45) is 1.48. The highest BCUT2D eigenvalue weighted by molar-refractivity contribution is 5.76. The zero-order valence-corrected chi connectivity index (χ0v) is 18.7. The molecule has 0 aliphatic heterocycles. The van der Waals surface area contributed by atoms with Crippen LogP contribution in [0, 0.1) is 13.8 Å². The summed E-state index contributed by atoms with van der Waals surface area (Å²) in [6, 6.07) is 10.0. The molecular formula is C23H29N5O4. The fourth-order valence-electron chi connectivity index (χ4n) is 4.19. The number of hydrogen-bond donors (Lipinski definition) is 1. The Balaban J connectivity index is 1.75. The maximum absolute atomic E-state index is 13.4. The van der Waals surface area contributed by atoms with Crippen molar-refractivity contribution in [2.45, 2.75) is 39.8 Å². The number of aliphatic hydroxyl groups is 1. The average molecular weight is 440 g/mol. The minimum absolute atomic E-state index is 0.0295. The number of hydrogen-bond acceptors (Lipinski definition) is 5. The van der Waals surface area contributed by atoms with E-state index in [1.165, 1.54) is 14.7 Å². The maximum atomic E-state index is 13.4. The van der Waals surface area contributed by atoms with Crippen LogP contribution in [0.4, 0.5) is 0 Å². The molecule has 1 N–H and O–H groups in total. The molecule has 0 unspecified atom stereocenters. The smallest absolute Gasteiger partial charge is 0.332 e. The molecule has 0 aliphatic carbocycles. The highest BCUT2D eigenvalue weighted by Gasteiger charge is 2.22. The Labute approximate surface area is 185 Å². The summed E-state index contributed by atoms with van der Waals surface area (Å²) < 4.78 is 12.0. The van der Waals surface area contributed by atoms with E-state index in [1.807, 2.05) is 53.1 Å². The van der Waals surface area contributed by atoms with E-state index in [0.29, 0.717) is 43.1 Å². The Morgan fingerprint density at radius 2 is 1.75 bits per heavy atom. The van der Waals surface area contributed by atoms with Crippen LogP contribution in [-0.2, 0) is 31.3 Å². The van der Waals surface area contributed by atoms with E-state index in [2.05, 4.69) is 4.98 Å². The summed E-state index contributed by atoms with van der Waals surface area (Å²) in [5.41, 5.74) is 3.17. The van der Waals surface area contributed by atoms with Gasteiger partial charge in [-0.15, -0.1) is 0 Å². The summed E-state index contributed by atoms with van der Waals surface area (Å²) in [4.78, 5) is 31.0. The second-order valence-electron chi connectivity index (χ2n) is 7.97. The summed E-state index contributed by atoms with van der Waals surface area (Å²) in [5.74, 6) is 0.608. The number of imidazole rings is 2. The van der Waals surface area contributed by atoms with Crippen molar-refractivity contribution in [3.05, 3.63) is 68.1 Å². The van der Waals surface area contributed by atoms with Gasteiger partial charge in [0, 0.05) is 31.5 Å². The molecule has 1 aromatic carbocycles. The van der Waals surface area contributed by atoms with Gasteiger partial charge >= 0.3 is 5.69 Å². The van der Waals surface area contributed by atoms with Crippen molar-refractivity contribution in [3.63, 3.8) is 0 Å².